The van der Waals surface area contributed by atoms with Crippen LogP contribution in [0.1, 0.15) is 19.4 Å². The van der Waals surface area contributed by atoms with E-state index in [1.807, 2.05) is 32.0 Å². The van der Waals surface area contributed by atoms with Crippen LogP contribution in [0.15, 0.2) is 72.8 Å². The summed E-state index contributed by atoms with van der Waals surface area (Å²) in [6.45, 7) is 3.91. The molecule has 1 fully saturated rings. The zero-order chi connectivity index (χ0) is 22.0. The standard InChI is InChI=1S/C25H22ClFO4/c1-25(2)22(23(25)31-20-11-7-6-10-18(20)26)24(28)29-15-16-12-13-19(27)21(14-16)30-17-8-4-3-5-9-17/h3-14,22-23H,15H2,1-2H3. The summed E-state index contributed by atoms with van der Waals surface area (Å²) in [5.74, 6) is -0.128. The minimum Gasteiger partial charge on any atom is -0.487 e. The van der Waals surface area contributed by atoms with Crippen LogP contribution in [0, 0.1) is 17.2 Å². The largest absolute Gasteiger partial charge is 0.487 e. The number of ether oxygens (including phenoxy) is 3. The van der Waals surface area contributed by atoms with Crippen molar-refractivity contribution in [2.24, 2.45) is 11.3 Å². The molecule has 0 bridgehead atoms. The Hall–Kier alpha value is -3.05. The summed E-state index contributed by atoms with van der Waals surface area (Å²) in [6.07, 6.45) is -0.329. The summed E-state index contributed by atoms with van der Waals surface area (Å²) >= 11 is 6.16. The molecule has 1 saturated carbocycles. The van der Waals surface area contributed by atoms with Crippen molar-refractivity contribution in [1.29, 1.82) is 0 Å². The minimum absolute atomic E-state index is 0.00958. The molecule has 0 spiro atoms. The van der Waals surface area contributed by atoms with Crippen molar-refractivity contribution in [2.75, 3.05) is 0 Å². The molecule has 4 rings (SSSR count). The molecule has 31 heavy (non-hydrogen) atoms. The van der Waals surface area contributed by atoms with Crippen LogP contribution in [0.25, 0.3) is 0 Å². The Kier molecular flexibility index (Phi) is 5.88. The molecule has 3 aromatic carbocycles. The molecule has 0 aliphatic heterocycles. The van der Waals surface area contributed by atoms with Gasteiger partial charge >= 0.3 is 5.97 Å². The Labute approximate surface area is 185 Å². The van der Waals surface area contributed by atoms with Gasteiger partial charge in [-0.1, -0.05) is 61.8 Å². The Morgan fingerprint density at radius 3 is 2.45 bits per heavy atom. The van der Waals surface area contributed by atoms with Crippen LogP contribution in [0.3, 0.4) is 0 Å². The molecule has 0 radical (unpaired) electrons. The zero-order valence-corrected chi connectivity index (χ0v) is 17.9. The minimum atomic E-state index is -0.490. The normalized spacial score (nSPS) is 18.8. The fourth-order valence-corrected chi connectivity index (χ4v) is 3.67. The molecule has 0 heterocycles. The fourth-order valence-electron chi connectivity index (χ4n) is 3.49. The molecule has 6 heteroatoms. The third kappa shape index (κ3) is 4.67. The lowest BCUT2D eigenvalue weighted by molar-refractivity contribution is -0.147. The molecule has 160 valence electrons. The van der Waals surface area contributed by atoms with Crippen molar-refractivity contribution < 1.29 is 23.4 Å². The molecule has 2 atom stereocenters. The highest BCUT2D eigenvalue weighted by molar-refractivity contribution is 6.32. The number of carbonyl (C=O) groups is 1. The molecule has 0 aromatic heterocycles. The van der Waals surface area contributed by atoms with Gasteiger partial charge in [0.25, 0.3) is 0 Å². The molecule has 1 aliphatic carbocycles. The Bertz CT molecular complexity index is 1080. The summed E-state index contributed by atoms with van der Waals surface area (Å²) in [6, 6.07) is 20.5. The van der Waals surface area contributed by atoms with E-state index in [-0.39, 0.29) is 29.8 Å². The van der Waals surface area contributed by atoms with Crippen LogP contribution in [0.2, 0.25) is 5.02 Å². The van der Waals surface area contributed by atoms with E-state index in [1.165, 1.54) is 12.1 Å². The molecular weight excluding hydrogens is 419 g/mol. The smallest absolute Gasteiger partial charge is 0.313 e. The third-order valence-electron chi connectivity index (χ3n) is 5.42. The van der Waals surface area contributed by atoms with Crippen molar-refractivity contribution in [3.8, 4) is 17.2 Å². The third-order valence-corrected chi connectivity index (χ3v) is 5.73. The number of rotatable bonds is 7. The molecule has 0 saturated heterocycles. The van der Waals surface area contributed by atoms with E-state index in [0.717, 1.165) is 0 Å². The van der Waals surface area contributed by atoms with E-state index < -0.39 is 11.7 Å². The number of hydrogen-bond acceptors (Lipinski definition) is 4. The van der Waals surface area contributed by atoms with Gasteiger partial charge in [-0.2, -0.15) is 0 Å². The van der Waals surface area contributed by atoms with E-state index in [1.54, 1.807) is 42.5 Å². The highest BCUT2D eigenvalue weighted by atomic mass is 35.5. The lowest BCUT2D eigenvalue weighted by Gasteiger charge is -2.10. The number of para-hydroxylation sites is 2. The van der Waals surface area contributed by atoms with Crippen LogP contribution >= 0.6 is 11.6 Å². The predicted molar refractivity (Wildman–Crippen MR) is 116 cm³/mol. The van der Waals surface area contributed by atoms with Gasteiger partial charge in [0.05, 0.1) is 5.02 Å². The van der Waals surface area contributed by atoms with E-state index in [9.17, 15) is 9.18 Å². The van der Waals surface area contributed by atoms with E-state index in [4.69, 9.17) is 25.8 Å². The second-order valence-corrected chi connectivity index (χ2v) is 8.46. The van der Waals surface area contributed by atoms with Gasteiger partial charge in [0.2, 0.25) is 0 Å². The topological polar surface area (TPSA) is 44.8 Å². The van der Waals surface area contributed by atoms with Crippen LogP contribution in [-0.2, 0) is 16.1 Å². The molecule has 0 amide bonds. The molecule has 0 N–H and O–H groups in total. The lowest BCUT2D eigenvalue weighted by atomic mass is 10.1. The maximum Gasteiger partial charge on any atom is 0.313 e. The van der Waals surface area contributed by atoms with E-state index >= 15 is 0 Å². The van der Waals surface area contributed by atoms with Gasteiger partial charge in [-0.25, -0.2) is 4.39 Å². The van der Waals surface area contributed by atoms with Crippen molar-refractivity contribution in [3.05, 3.63) is 89.2 Å². The molecule has 3 aromatic rings. The summed E-state index contributed by atoms with van der Waals surface area (Å²) < 4.78 is 31.2. The summed E-state index contributed by atoms with van der Waals surface area (Å²) in [5.41, 5.74) is 0.253. The fraction of sp³-hybridized carbons (Fsp3) is 0.240. The number of hydrogen-bond donors (Lipinski definition) is 0. The van der Waals surface area contributed by atoms with E-state index in [0.29, 0.717) is 22.1 Å². The molecule has 4 nitrogen and oxygen atoms in total. The first-order chi connectivity index (χ1) is 14.9. The Morgan fingerprint density at radius 2 is 1.71 bits per heavy atom. The average molecular weight is 441 g/mol. The number of esters is 1. The molecular formula is C25H22ClFO4. The van der Waals surface area contributed by atoms with Crippen molar-refractivity contribution in [3.63, 3.8) is 0 Å². The summed E-state index contributed by atoms with van der Waals surface area (Å²) in [4.78, 5) is 12.7. The summed E-state index contributed by atoms with van der Waals surface area (Å²) in [5, 5.41) is 0.495. The van der Waals surface area contributed by atoms with Crippen molar-refractivity contribution in [2.45, 2.75) is 26.6 Å². The Balaban J connectivity index is 1.38. The number of carbonyl (C=O) groups excluding carboxylic acids is 1. The van der Waals surface area contributed by atoms with Crippen LogP contribution in [0.5, 0.6) is 17.2 Å². The SMILES string of the molecule is CC1(C)C(Oc2ccccc2Cl)C1C(=O)OCc1ccc(F)c(Oc2ccccc2)c1. The van der Waals surface area contributed by atoms with Crippen LogP contribution in [-0.4, -0.2) is 12.1 Å². The second-order valence-electron chi connectivity index (χ2n) is 8.06. The first-order valence-corrected chi connectivity index (χ1v) is 10.3. The maximum absolute atomic E-state index is 14.1. The second kappa shape index (κ2) is 8.60. The highest BCUT2D eigenvalue weighted by Crippen LogP contribution is 2.55. The van der Waals surface area contributed by atoms with Gasteiger partial charge < -0.3 is 14.2 Å². The van der Waals surface area contributed by atoms with Gasteiger partial charge in [-0.3, -0.25) is 4.79 Å². The Morgan fingerprint density at radius 1 is 1.00 bits per heavy atom. The van der Waals surface area contributed by atoms with Gasteiger partial charge in [-0.15, -0.1) is 0 Å². The van der Waals surface area contributed by atoms with Crippen molar-refractivity contribution in [1.82, 2.24) is 0 Å². The lowest BCUT2D eigenvalue weighted by Crippen LogP contribution is -2.12. The average Bonchev–Trinajstić information content (AvgIpc) is 3.30. The van der Waals surface area contributed by atoms with E-state index in [2.05, 4.69) is 0 Å². The number of halogens is 2. The summed E-state index contributed by atoms with van der Waals surface area (Å²) in [7, 11) is 0. The first-order valence-electron chi connectivity index (χ1n) is 9.95. The first kappa shape index (κ1) is 21.2. The van der Waals surface area contributed by atoms with Crippen LogP contribution in [0.4, 0.5) is 4.39 Å². The monoisotopic (exact) mass is 440 g/mol. The zero-order valence-electron chi connectivity index (χ0n) is 17.2. The quantitative estimate of drug-likeness (QED) is 0.398. The van der Waals surface area contributed by atoms with Gasteiger partial charge in [-0.05, 0) is 42.0 Å². The predicted octanol–water partition coefficient (Wildman–Crippen LogP) is 6.42. The molecule has 1 aliphatic rings. The number of benzene rings is 3. The highest BCUT2D eigenvalue weighted by Gasteiger charge is 2.65. The van der Waals surface area contributed by atoms with Crippen molar-refractivity contribution >= 4 is 17.6 Å². The van der Waals surface area contributed by atoms with Gasteiger partial charge in [0.1, 0.15) is 30.1 Å². The van der Waals surface area contributed by atoms with Crippen LogP contribution < -0.4 is 9.47 Å². The maximum atomic E-state index is 14.1. The van der Waals surface area contributed by atoms with Gasteiger partial charge in [0.15, 0.2) is 11.6 Å². The van der Waals surface area contributed by atoms with Gasteiger partial charge in [0, 0.05) is 5.41 Å². The molecule has 2 unspecified atom stereocenters.